The van der Waals surface area contributed by atoms with Crippen LogP contribution in [0.1, 0.15) is 0 Å². The number of benzene rings is 3. The summed E-state index contributed by atoms with van der Waals surface area (Å²) in [6.45, 7) is 0. The van der Waals surface area contributed by atoms with Gasteiger partial charge in [-0.1, -0.05) is 35.0 Å². The van der Waals surface area contributed by atoms with Gasteiger partial charge in [0.1, 0.15) is 28.8 Å². The van der Waals surface area contributed by atoms with Gasteiger partial charge < -0.3 is 9.26 Å². The molecule has 0 aliphatic heterocycles. The quantitative estimate of drug-likeness (QED) is 0.259. The summed E-state index contributed by atoms with van der Waals surface area (Å²) in [4.78, 5) is 4.88. The SMILES string of the molecule is COc1cc(-c2cccc(F)c2)c(F)cc1-c1nc(Cl)cc2cc(S(=O)Nc3ccon3)ccc12. The average molecular weight is 512 g/mol. The predicted octanol–water partition coefficient (Wildman–Crippen LogP) is 6.63. The van der Waals surface area contributed by atoms with Gasteiger partial charge in [0.25, 0.3) is 0 Å². The summed E-state index contributed by atoms with van der Waals surface area (Å²) in [7, 11) is -0.160. The number of anilines is 1. The van der Waals surface area contributed by atoms with Crippen LogP contribution >= 0.6 is 11.6 Å². The lowest BCUT2D eigenvalue weighted by atomic mass is 9.98. The average Bonchev–Trinajstić information content (AvgIpc) is 3.36. The smallest absolute Gasteiger partial charge is 0.181 e. The Labute approximate surface area is 206 Å². The van der Waals surface area contributed by atoms with Gasteiger partial charge in [0.05, 0.1) is 17.7 Å². The molecule has 0 bridgehead atoms. The van der Waals surface area contributed by atoms with Crippen LogP contribution in [0.5, 0.6) is 5.75 Å². The Morgan fingerprint density at radius 1 is 1.03 bits per heavy atom. The van der Waals surface area contributed by atoms with E-state index in [9.17, 15) is 8.60 Å². The topological polar surface area (TPSA) is 77.2 Å². The van der Waals surface area contributed by atoms with Crippen molar-refractivity contribution in [1.29, 1.82) is 0 Å². The second-order valence-corrected chi connectivity index (χ2v) is 9.07. The number of hydrogen-bond donors (Lipinski definition) is 1. The van der Waals surface area contributed by atoms with Crippen LogP contribution in [0.3, 0.4) is 0 Å². The first-order chi connectivity index (χ1) is 16.9. The number of hydrogen-bond acceptors (Lipinski definition) is 5. The fourth-order valence-electron chi connectivity index (χ4n) is 3.73. The van der Waals surface area contributed by atoms with Crippen LogP contribution in [-0.2, 0) is 11.0 Å². The first-order valence-electron chi connectivity index (χ1n) is 10.3. The standard InChI is InChI=1S/C25H16ClF2N3O3S/c1-33-22-13-19(14-3-2-4-16(27)9-14)21(28)12-20(22)25-18-6-5-17(10-15(18)11-23(26)29-25)35(32)31-24-7-8-34-30-24/h2-13H,1H3,(H,30,31). The monoisotopic (exact) mass is 511 g/mol. The maximum atomic E-state index is 15.2. The van der Waals surface area contributed by atoms with Crippen molar-refractivity contribution in [2.24, 2.45) is 0 Å². The fourth-order valence-corrected chi connectivity index (χ4v) is 4.77. The zero-order valence-electron chi connectivity index (χ0n) is 18.1. The first kappa shape index (κ1) is 22.9. The van der Waals surface area contributed by atoms with Crippen LogP contribution in [0.4, 0.5) is 14.6 Å². The van der Waals surface area contributed by atoms with Gasteiger partial charge in [-0.25, -0.2) is 18.0 Å². The van der Waals surface area contributed by atoms with E-state index in [-0.39, 0.29) is 10.7 Å². The van der Waals surface area contributed by atoms with Gasteiger partial charge in [-0.3, -0.25) is 4.72 Å². The number of pyridine rings is 1. The summed E-state index contributed by atoms with van der Waals surface area (Å²) in [6, 6.07) is 16.7. The van der Waals surface area contributed by atoms with Crippen molar-refractivity contribution in [2.75, 3.05) is 11.8 Å². The number of halogens is 3. The van der Waals surface area contributed by atoms with Gasteiger partial charge in [-0.05, 0) is 53.4 Å². The summed E-state index contributed by atoms with van der Waals surface area (Å²) in [5.74, 6) is -0.382. The van der Waals surface area contributed by atoms with Crippen LogP contribution in [0, 0.1) is 11.6 Å². The van der Waals surface area contributed by atoms with Crippen molar-refractivity contribution in [3.63, 3.8) is 0 Å². The summed E-state index contributed by atoms with van der Waals surface area (Å²) in [6.07, 6.45) is 1.36. The molecule has 0 amide bonds. The number of aromatic nitrogens is 2. The maximum absolute atomic E-state index is 15.2. The van der Waals surface area contributed by atoms with Gasteiger partial charge in [0.15, 0.2) is 16.8 Å². The number of fused-ring (bicyclic) bond motifs is 1. The van der Waals surface area contributed by atoms with Crippen molar-refractivity contribution in [2.45, 2.75) is 4.90 Å². The van der Waals surface area contributed by atoms with Crippen LogP contribution in [0.15, 0.2) is 82.4 Å². The van der Waals surface area contributed by atoms with Crippen molar-refractivity contribution < 1.29 is 22.2 Å². The molecular weight excluding hydrogens is 496 g/mol. The van der Waals surface area contributed by atoms with Crippen LogP contribution in [-0.4, -0.2) is 21.5 Å². The third kappa shape index (κ3) is 4.60. The van der Waals surface area contributed by atoms with E-state index in [1.54, 1.807) is 36.4 Å². The van der Waals surface area contributed by atoms with E-state index in [0.29, 0.717) is 44.1 Å². The number of rotatable bonds is 6. The van der Waals surface area contributed by atoms with Crippen molar-refractivity contribution in [3.05, 3.63) is 89.8 Å². The normalized spacial score (nSPS) is 12.0. The van der Waals surface area contributed by atoms with Crippen LogP contribution in [0.25, 0.3) is 33.2 Å². The molecule has 2 heterocycles. The zero-order valence-corrected chi connectivity index (χ0v) is 19.7. The summed E-state index contributed by atoms with van der Waals surface area (Å²) in [5, 5.41) is 5.15. The molecule has 5 rings (SSSR count). The fraction of sp³-hybridized carbons (Fsp3) is 0.0400. The number of ether oxygens (including phenoxy) is 1. The Morgan fingerprint density at radius 3 is 2.63 bits per heavy atom. The number of nitrogens with zero attached hydrogens (tertiary/aromatic N) is 2. The second-order valence-electron chi connectivity index (χ2n) is 7.47. The summed E-state index contributed by atoms with van der Waals surface area (Å²) in [5.41, 5.74) is 1.32. The molecule has 35 heavy (non-hydrogen) atoms. The second kappa shape index (κ2) is 9.44. The molecule has 1 N–H and O–H groups in total. The lowest BCUT2D eigenvalue weighted by Gasteiger charge is -2.14. The lowest BCUT2D eigenvalue weighted by molar-refractivity contribution is 0.415. The maximum Gasteiger partial charge on any atom is 0.181 e. The highest BCUT2D eigenvalue weighted by atomic mass is 35.5. The van der Waals surface area contributed by atoms with E-state index in [4.69, 9.17) is 20.9 Å². The molecule has 0 radical (unpaired) electrons. The number of methoxy groups -OCH3 is 1. The Bertz CT molecular complexity index is 1580. The molecule has 2 aromatic heterocycles. The predicted molar refractivity (Wildman–Crippen MR) is 131 cm³/mol. The third-order valence-electron chi connectivity index (χ3n) is 5.30. The van der Waals surface area contributed by atoms with Gasteiger partial charge >= 0.3 is 0 Å². The zero-order chi connectivity index (χ0) is 24.5. The van der Waals surface area contributed by atoms with E-state index >= 15 is 4.39 Å². The van der Waals surface area contributed by atoms with E-state index < -0.39 is 22.6 Å². The van der Waals surface area contributed by atoms with Crippen molar-refractivity contribution in [3.8, 4) is 28.1 Å². The van der Waals surface area contributed by atoms with E-state index in [1.807, 2.05) is 0 Å². The van der Waals surface area contributed by atoms with Crippen molar-refractivity contribution in [1.82, 2.24) is 10.1 Å². The molecule has 1 atom stereocenters. The van der Waals surface area contributed by atoms with E-state index in [0.717, 1.165) is 0 Å². The molecule has 6 nitrogen and oxygen atoms in total. The highest BCUT2D eigenvalue weighted by Gasteiger charge is 2.18. The Kier molecular flexibility index (Phi) is 6.19. The largest absolute Gasteiger partial charge is 0.496 e. The molecule has 176 valence electrons. The van der Waals surface area contributed by atoms with Crippen molar-refractivity contribution >= 4 is 39.2 Å². The summed E-state index contributed by atoms with van der Waals surface area (Å²) < 4.78 is 54.7. The molecule has 0 spiro atoms. The Morgan fingerprint density at radius 2 is 1.89 bits per heavy atom. The minimum absolute atomic E-state index is 0.163. The third-order valence-corrected chi connectivity index (χ3v) is 6.57. The van der Waals surface area contributed by atoms with Gasteiger partial charge in [-0.15, -0.1) is 0 Å². The molecule has 0 saturated carbocycles. The molecule has 0 aliphatic rings. The highest BCUT2D eigenvalue weighted by Crippen LogP contribution is 2.39. The molecule has 3 aromatic carbocycles. The lowest BCUT2D eigenvalue weighted by Crippen LogP contribution is -2.05. The Hall–Kier alpha value is -3.82. The van der Waals surface area contributed by atoms with E-state index in [1.165, 1.54) is 43.7 Å². The highest BCUT2D eigenvalue weighted by molar-refractivity contribution is 7.86. The van der Waals surface area contributed by atoms with Gasteiger partial charge in [-0.2, -0.15) is 0 Å². The minimum atomic E-state index is -1.61. The first-order valence-corrected chi connectivity index (χ1v) is 11.8. The Balaban J connectivity index is 1.61. The molecule has 5 aromatic rings. The number of nitrogens with one attached hydrogen (secondary N) is 1. The van der Waals surface area contributed by atoms with Gasteiger partial charge in [0.2, 0.25) is 0 Å². The molecular formula is C25H16ClF2N3O3S. The molecule has 1 unspecified atom stereocenters. The molecule has 0 fully saturated rings. The van der Waals surface area contributed by atoms with Crippen LogP contribution < -0.4 is 9.46 Å². The molecule has 10 heteroatoms. The molecule has 0 aliphatic carbocycles. The van der Waals surface area contributed by atoms with E-state index in [2.05, 4.69) is 14.9 Å². The molecule has 0 saturated heterocycles. The summed E-state index contributed by atoms with van der Waals surface area (Å²) >= 11 is 6.30. The van der Waals surface area contributed by atoms with Gasteiger partial charge in [0, 0.05) is 22.6 Å². The van der Waals surface area contributed by atoms with Crippen LogP contribution in [0.2, 0.25) is 5.15 Å². The minimum Gasteiger partial charge on any atom is -0.496 e.